The van der Waals surface area contributed by atoms with Crippen LogP contribution in [0.5, 0.6) is 0 Å². The summed E-state index contributed by atoms with van der Waals surface area (Å²) >= 11 is 0. The van der Waals surface area contributed by atoms with Crippen molar-refractivity contribution in [2.75, 3.05) is 24.7 Å². The molecule has 0 saturated heterocycles. The van der Waals surface area contributed by atoms with Crippen LogP contribution in [0, 0.1) is 0 Å². The number of hydrogen-bond acceptors (Lipinski definition) is 2. The molecule has 0 heterocycles. The van der Waals surface area contributed by atoms with Gasteiger partial charge in [-0.1, -0.05) is 0 Å². The van der Waals surface area contributed by atoms with E-state index in [0.29, 0.717) is 5.69 Å². The quantitative estimate of drug-likeness (QED) is 0.760. The number of amides is 2. The van der Waals surface area contributed by atoms with Crippen LogP contribution >= 0.6 is 0 Å². The van der Waals surface area contributed by atoms with Crippen molar-refractivity contribution in [2.24, 2.45) is 0 Å². The van der Waals surface area contributed by atoms with Gasteiger partial charge in [0.1, 0.15) is 0 Å². The topological polar surface area (TPSA) is 49.6 Å². The first kappa shape index (κ1) is 13.4. The van der Waals surface area contributed by atoms with Crippen LogP contribution in [-0.2, 0) is 0 Å². The first-order chi connectivity index (χ1) is 7.73. The van der Waals surface area contributed by atoms with E-state index in [4.69, 9.17) is 5.73 Å². The van der Waals surface area contributed by atoms with E-state index in [0.717, 1.165) is 5.69 Å². The van der Waals surface area contributed by atoms with Crippen molar-refractivity contribution in [3.8, 4) is 0 Å². The van der Waals surface area contributed by atoms with Crippen LogP contribution < -0.4 is 10.6 Å². The molecule has 4 nitrogen and oxygen atoms in total. The van der Waals surface area contributed by atoms with Gasteiger partial charge in [-0.05, 0) is 45.0 Å². The number of nitrogens with zero attached hydrogens (tertiary/aromatic N) is 2. The molecule has 0 bridgehead atoms. The summed E-state index contributed by atoms with van der Waals surface area (Å²) in [6.07, 6.45) is 0. The van der Waals surface area contributed by atoms with Gasteiger partial charge in [-0.15, -0.1) is 0 Å². The number of rotatable bonds is 1. The van der Waals surface area contributed by atoms with Gasteiger partial charge in [0.15, 0.2) is 0 Å². The predicted octanol–water partition coefficient (Wildman–Crippen LogP) is 2.56. The lowest BCUT2D eigenvalue weighted by Gasteiger charge is -2.37. The number of anilines is 2. The molecule has 0 aliphatic heterocycles. The fourth-order valence-corrected chi connectivity index (χ4v) is 1.61. The Bertz CT molecular complexity index is 390. The van der Waals surface area contributed by atoms with Gasteiger partial charge in [-0.25, -0.2) is 4.79 Å². The highest BCUT2D eigenvalue weighted by Gasteiger charge is 2.29. The number of carbonyl (C=O) groups excluding carboxylic acids is 1. The van der Waals surface area contributed by atoms with E-state index in [-0.39, 0.29) is 11.6 Å². The van der Waals surface area contributed by atoms with Crippen LogP contribution in [0.15, 0.2) is 24.3 Å². The zero-order valence-electron chi connectivity index (χ0n) is 11.2. The first-order valence-electron chi connectivity index (χ1n) is 5.60. The van der Waals surface area contributed by atoms with E-state index in [2.05, 4.69) is 0 Å². The number of benzene rings is 1. The molecule has 0 aromatic heterocycles. The second kappa shape index (κ2) is 4.65. The fourth-order valence-electron chi connectivity index (χ4n) is 1.61. The summed E-state index contributed by atoms with van der Waals surface area (Å²) in [5.74, 6) is 0. The number of urea groups is 1. The molecule has 0 radical (unpaired) electrons. The Morgan fingerprint density at radius 2 is 1.59 bits per heavy atom. The van der Waals surface area contributed by atoms with Crippen molar-refractivity contribution in [1.82, 2.24) is 4.90 Å². The lowest BCUT2D eigenvalue weighted by Crippen LogP contribution is -2.50. The molecule has 0 unspecified atom stereocenters. The third kappa shape index (κ3) is 3.12. The van der Waals surface area contributed by atoms with Crippen LogP contribution in [0.1, 0.15) is 20.8 Å². The van der Waals surface area contributed by atoms with E-state index >= 15 is 0 Å². The summed E-state index contributed by atoms with van der Waals surface area (Å²) in [4.78, 5) is 15.5. The second-order valence-electron chi connectivity index (χ2n) is 5.27. The van der Waals surface area contributed by atoms with Crippen molar-refractivity contribution >= 4 is 17.4 Å². The summed E-state index contributed by atoms with van der Waals surface area (Å²) in [7, 11) is 3.50. The number of hydrogen-bond donors (Lipinski definition) is 1. The molecular weight excluding hydrogens is 214 g/mol. The zero-order valence-corrected chi connectivity index (χ0v) is 11.2. The van der Waals surface area contributed by atoms with Crippen molar-refractivity contribution < 1.29 is 4.79 Å². The molecule has 0 saturated carbocycles. The molecule has 2 N–H and O–H groups in total. The van der Waals surface area contributed by atoms with Crippen LogP contribution in [-0.4, -0.2) is 30.6 Å². The van der Waals surface area contributed by atoms with Gasteiger partial charge in [0.2, 0.25) is 0 Å². The summed E-state index contributed by atoms with van der Waals surface area (Å²) < 4.78 is 0. The minimum Gasteiger partial charge on any atom is -0.399 e. The monoisotopic (exact) mass is 235 g/mol. The zero-order chi connectivity index (χ0) is 13.2. The molecule has 0 aliphatic rings. The number of carbonyl (C=O) groups is 1. The molecule has 94 valence electrons. The SMILES string of the molecule is CN(C)C(=O)N(c1ccc(N)cc1)C(C)(C)C. The van der Waals surface area contributed by atoms with Crippen LogP contribution in [0.25, 0.3) is 0 Å². The highest BCUT2D eigenvalue weighted by molar-refractivity contribution is 5.93. The normalized spacial score (nSPS) is 11.1. The lowest BCUT2D eigenvalue weighted by atomic mass is 10.1. The summed E-state index contributed by atoms with van der Waals surface area (Å²) in [5, 5.41) is 0. The van der Waals surface area contributed by atoms with Crippen LogP contribution in [0.2, 0.25) is 0 Å². The number of nitrogen functional groups attached to an aromatic ring is 1. The molecule has 1 rings (SSSR count). The Kier molecular flexibility index (Phi) is 3.66. The third-order valence-electron chi connectivity index (χ3n) is 2.40. The molecule has 17 heavy (non-hydrogen) atoms. The number of nitrogens with two attached hydrogens (primary N) is 1. The Morgan fingerprint density at radius 3 is 1.94 bits per heavy atom. The Balaban J connectivity index is 3.16. The van der Waals surface area contributed by atoms with E-state index in [1.165, 1.54) is 0 Å². The minimum atomic E-state index is -0.280. The average molecular weight is 235 g/mol. The Morgan fingerprint density at radius 1 is 1.12 bits per heavy atom. The second-order valence-corrected chi connectivity index (χ2v) is 5.27. The highest BCUT2D eigenvalue weighted by atomic mass is 16.2. The van der Waals surface area contributed by atoms with E-state index in [1.54, 1.807) is 36.0 Å². The molecule has 2 amide bonds. The van der Waals surface area contributed by atoms with Crippen molar-refractivity contribution in [2.45, 2.75) is 26.3 Å². The van der Waals surface area contributed by atoms with Gasteiger partial charge in [0, 0.05) is 31.0 Å². The standard InChI is InChI=1S/C13H21N3O/c1-13(2,3)16(12(17)15(4)5)11-8-6-10(14)7-9-11/h6-9H,14H2,1-5H3. The van der Waals surface area contributed by atoms with Gasteiger partial charge in [-0.3, -0.25) is 4.90 Å². The highest BCUT2D eigenvalue weighted by Crippen LogP contribution is 2.25. The molecule has 0 fully saturated rings. The Labute approximate surface area is 103 Å². The third-order valence-corrected chi connectivity index (χ3v) is 2.40. The largest absolute Gasteiger partial charge is 0.399 e. The average Bonchev–Trinajstić information content (AvgIpc) is 2.19. The summed E-state index contributed by atoms with van der Waals surface area (Å²) in [5.41, 5.74) is 6.92. The maximum atomic E-state index is 12.2. The van der Waals surface area contributed by atoms with Gasteiger partial charge < -0.3 is 10.6 Å². The maximum Gasteiger partial charge on any atom is 0.324 e. The predicted molar refractivity (Wildman–Crippen MR) is 72.2 cm³/mol. The molecular formula is C13H21N3O. The fraction of sp³-hybridized carbons (Fsp3) is 0.462. The summed E-state index contributed by atoms with van der Waals surface area (Å²) in [6.45, 7) is 6.01. The molecule has 1 aromatic carbocycles. The molecule has 4 heteroatoms. The minimum absolute atomic E-state index is 0.0396. The van der Waals surface area contributed by atoms with Gasteiger partial charge >= 0.3 is 6.03 Å². The molecule has 0 spiro atoms. The summed E-state index contributed by atoms with van der Waals surface area (Å²) in [6, 6.07) is 7.29. The first-order valence-corrected chi connectivity index (χ1v) is 5.60. The van der Waals surface area contributed by atoms with Crippen molar-refractivity contribution in [3.05, 3.63) is 24.3 Å². The van der Waals surface area contributed by atoms with Gasteiger partial charge in [0.05, 0.1) is 0 Å². The van der Waals surface area contributed by atoms with Crippen molar-refractivity contribution in [1.29, 1.82) is 0 Å². The molecule has 0 aliphatic carbocycles. The van der Waals surface area contributed by atoms with Crippen molar-refractivity contribution in [3.63, 3.8) is 0 Å². The lowest BCUT2D eigenvalue weighted by molar-refractivity contribution is 0.218. The van der Waals surface area contributed by atoms with Gasteiger partial charge in [-0.2, -0.15) is 0 Å². The van der Waals surface area contributed by atoms with Crippen LogP contribution in [0.3, 0.4) is 0 Å². The van der Waals surface area contributed by atoms with Gasteiger partial charge in [0.25, 0.3) is 0 Å². The van der Waals surface area contributed by atoms with Crippen LogP contribution in [0.4, 0.5) is 16.2 Å². The van der Waals surface area contributed by atoms with E-state index < -0.39 is 0 Å². The molecule has 1 aromatic rings. The maximum absolute atomic E-state index is 12.2. The van der Waals surface area contributed by atoms with E-state index in [1.807, 2.05) is 32.9 Å². The van der Waals surface area contributed by atoms with E-state index in [9.17, 15) is 4.79 Å². The Hall–Kier alpha value is -1.71. The smallest absolute Gasteiger partial charge is 0.324 e. The molecule has 0 atom stereocenters.